The first-order valence-corrected chi connectivity index (χ1v) is 8.30. The number of hydrogen-bond acceptors (Lipinski definition) is 2. The molecule has 0 spiro atoms. The van der Waals surface area contributed by atoms with Crippen LogP contribution in [0, 0.1) is 0 Å². The normalized spacial score (nSPS) is 14.4. The van der Waals surface area contributed by atoms with Crippen molar-refractivity contribution < 1.29 is 0 Å². The zero-order valence-electron chi connectivity index (χ0n) is 10.6. The first kappa shape index (κ1) is 15.3. The Hall–Kier alpha value is -0.0600. The summed E-state index contributed by atoms with van der Waals surface area (Å²) in [4.78, 5) is 0. The topological polar surface area (TPSA) is 12.0 Å². The molecule has 0 aliphatic rings. The average molecular weight is 379 g/mol. The van der Waals surface area contributed by atoms with Crippen molar-refractivity contribution in [2.75, 3.05) is 0 Å². The molecule has 2 atom stereocenters. The lowest BCUT2D eigenvalue weighted by molar-refractivity contribution is 0.495. The van der Waals surface area contributed by atoms with Crippen LogP contribution in [0.5, 0.6) is 0 Å². The summed E-state index contributed by atoms with van der Waals surface area (Å²) in [6.45, 7) is 4.24. The van der Waals surface area contributed by atoms with Crippen molar-refractivity contribution >= 4 is 50.5 Å². The SMILES string of the molecule is CC(N[C@@H](C)c1cccc(Br)c1)c1cc(Cl)sc1Cl. The number of halogens is 3. The summed E-state index contributed by atoms with van der Waals surface area (Å²) in [5.41, 5.74) is 2.29. The predicted octanol–water partition coefficient (Wildman–Crippen LogP) is 6.23. The maximum absolute atomic E-state index is 6.18. The molecule has 0 aliphatic heterocycles. The summed E-state index contributed by atoms with van der Waals surface area (Å²) in [6, 6.07) is 10.6. The van der Waals surface area contributed by atoms with E-state index >= 15 is 0 Å². The van der Waals surface area contributed by atoms with Crippen molar-refractivity contribution in [1.29, 1.82) is 0 Å². The molecular weight excluding hydrogens is 365 g/mol. The second-order valence-corrected chi connectivity index (χ2v) is 7.65. The lowest BCUT2D eigenvalue weighted by Gasteiger charge is -2.20. The first-order chi connectivity index (χ1) is 8.97. The number of rotatable bonds is 4. The van der Waals surface area contributed by atoms with Gasteiger partial charge in [0.15, 0.2) is 0 Å². The lowest BCUT2D eigenvalue weighted by Crippen LogP contribution is -2.22. The molecule has 0 fully saturated rings. The molecule has 1 N–H and O–H groups in total. The van der Waals surface area contributed by atoms with E-state index in [1.807, 2.05) is 18.2 Å². The molecule has 19 heavy (non-hydrogen) atoms. The molecule has 0 radical (unpaired) electrons. The standard InChI is InChI=1S/C14H14BrCl2NS/c1-8(10-4-3-5-11(15)6-10)18-9(2)12-7-13(16)19-14(12)17/h3-9,18H,1-2H3/t8-,9?/m0/s1. The highest BCUT2D eigenvalue weighted by Crippen LogP contribution is 2.35. The van der Waals surface area contributed by atoms with Crippen LogP contribution >= 0.6 is 50.5 Å². The number of nitrogens with one attached hydrogen (secondary N) is 1. The lowest BCUT2D eigenvalue weighted by atomic mass is 10.1. The fraction of sp³-hybridized carbons (Fsp3) is 0.286. The summed E-state index contributed by atoms with van der Waals surface area (Å²) in [7, 11) is 0. The zero-order chi connectivity index (χ0) is 14.0. The van der Waals surface area contributed by atoms with E-state index in [4.69, 9.17) is 23.2 Å². The fourth-order valence-electron chi connectivity index (χ4n) is 1.99. The highest BCUT2D eigenvalue weighted by molar-refractivity contribution is 9.10. The van der Waals surface area contributed by atoms with Crippen molar-refractivity contribution in [2.45, 2.75) is 25.9 Å². The van der Waals surface area contributed by atoms with Gasteiger partial charge in [-0.15, -0.1) is 11.3 Å². The van der Waals surface area contributed by atoms with Crippen molar-refractivity contribution in [3.63, 3.8) is 0 Å². The summed E-state index contributed by atoms with van der Waals surface area (Å²) in [5.74, 6) is 0. The Morgan fingerprint density at radius 2 is 1.89 bits per heavy atom. The van der Waals surface area contributed by atoms with Crippen molar-refractivity contribution in [1.82, 2.24) is 5.32 Å². The van der Waals surface area contributed by atoms with Gasteiger partial charge in [-0.25, -0.2) is 0 Å². The monoisotopic (exact) mass is 377 g/mol. The molecule has 1 nitrogen and oxygen atoms in total. The minimum absolute atomic E-state index is 0.158. The van der Waals surface area contributed by atoms with E-state index in [9.17, 15) is 0 Å². The first-order valence-electron chi connectivity index (χ1n) is 5.93. The zero-order valence-corrected chi connectivity index (χ0v) is 14.5. The Labute approximate surface area is 136 Å². The molecule has 1 aromatic carbocycles. The second-order valence-electron chi connectivity index (χ2n) is 4.44. The molecule has 0 bridgehead atoms. The molecule has 1 aromatic heterocycles. The van der Waals surface area contributed by atoms with Gasteiger partial charge in [-0.05, 0) is 43.2 Å². The third-order valence-corrected chi connectivity index (χ3v) is 5.01. The van der Waals surface area contributed by atoms with Crippen molar-refractivity contribution in [3.05, 3.63) is 54.6 Å². The van der Waals surface area contributed by atoms with Gasteiger partial charge >= 0.3 is 0 Å². The average Bonchev–Trinajstić information content (AvgIpc) is 2.68. The third kappa shape index (κ3) is 3.96. The van der Waals surface area contributed by atoms with Gasteiger partial charge in [0.05, 0.1) is 8.67 Å². The minimum atomic E-state index is 0.158. The molecule has 0 saturated heterocycles. The number of thiophene rings is 1. The Bertz CT molecular complexity index is 570. The van der Waals surface area contributed by atoms with E-state index in [0.717, 1.165) is 18.7 Å². The van der Waals surface area contributed by atoms with Crippen LogP contribution in [0.3, 0.4) is 0 Å². The summed E-state index contributed by atoms with van der Waals surface area (Å²) in [5, 5.41) is 3.54. The Morgan fingerprint density at radius 1 is 1.16 bits per heavy atom. The van der Waals surface area contributed by atoms with E-state index in [-0.39, 0.29) is 12.1 Å². The van der Waals surface area contributed by atoms with Gasteiger partial charge in [0.25, 0.3) is 0 Å². The molecule has 0 aliphatic carbocycles. The van der Waals surface area contributed by atoms with Crippen LogP contribution in [0.25, 0.3) is 0 Å². The van der Waals surface area contributed by atoms with Crippen LogP contribution in [0.15, 0.2) is 34.8 Å². The largest absolute Gasteiger partial charge is 0.304 e. The van der Waals surface area contributed by atoms with Gasteiger partial charge < -0.3 is 5.32 Å². The van der Waals surface area contributed by atoms with Crippen LogP contribution in [0.1, 0.15) is 37.1 Å². The summed E-state index contributed by atoms with van der Waals surface area (Å²) >= 11 is 17.1. The number of benzene rings is 1. The van der Waals surface area contributed by atoms with E-state index in [2.05, 4.69) is 47.2 Å². The van der Waals surface area contributed by atoms with Crippen LogP contribution in [-0.4, -0.2) is 0 Å². The van der Waals surface area contributed by atoms with Crippen molar-refractivity contribution in [3.8, 4) is 0 Å². The molecule has 102 valence electrons. The Balaban J connectivity index is 2.10. The molecule has 0 saturated carbocycles. The number of hydrogen-bond donors (Lipinski definition) is 1. The van der Waals surface area contributed by atoms with E-state index < -0.39 is 0 Å². The van der Waals surface area contributed by atoms with Gasteiger partial charge in [0.2, 0.25) is 0 Å². The van der Waals surface area contributed by atoms with Crippen LogP contribution in [-0.2, 0) is 0 Å². The highest BCUT2D eigenvalue weighted by Gasteiger charge is 2.16. The van der Waals surface area contributed by atoms with Gasteiger partial charge in [0, 0.05) is 16.6 Å². The fourth-order valence-corrected chi connectivity index (χ4v) is 4.05. The smallest absolute Gasteiger partial charge is 0.0991 e. The van der Waals surface area contributed by atoms with Crippen LogP contribution in [0.4, 0.5) is 0 Å². The second kappa shape index (κ2) is 6.59. The maximum Gasteiger partial charge on any atom is 0.0991 e. The molecule has 2 aromatic rings. The van der Waals surface area contributed by atoms with Gasteiger partial charge in [-0.2, -0.15) is 0 Å². The molecule has 5 heteroatoms. The molecular formula is C14H14BrCl2NS. The summed E-state index contributed by atoms with van der Waals surface area (Å²) in [6.07, 6.45) is 0. The minimum Gasteiger partial charge on any atom is -0.304 e. The van der Waals surface area contributed by atoms with Gasteiger partial charge in [-0.3, -0.25) is 0 Å². The predicted molar refractivity (Wildman–Crippen MR) is 88.4 cm³/mol. The maximum atomic E-state index is 6.18. The van der Waals surface area contributed by atoms with E-state index in [1.165, 1.54) is 16.9 Å². The van der Waals surface area contributed by atoms with Crippen LogP contribution in [0.2, 0.25) is 8.67 Å². The van der Waals surface area contributed by atoms with Gasteiger partial charge in [-0.1, -0.05) is 51.3 Å². The Kier molecular flexibility index (Phi) is 5.32. The molecule has 1 heterocycles. The molecule has 1 unspecified atom stereocenters. The third-order valence-electron chi connectivity index (χ3n) is 3.00. The van der Waals surface area contributed by atoms with Crippen molar-refractivity contribution in [2.24, 2.45) is 0 Å². The van der Waals surface area contributed by atoms with E-state index in [1.54, 1.807) is 0 Å². The highest BCUT2D eigenvalue weighted by atomic mass is 79.9. The van der Waals surface area contributed by atoms with E-state index in [0.29, 0.717) is 0 Å². The Morgan fingerprint density at radius 3 is 2.47 bits per heavy atom. The molecule has 0 amide bonds. The van der Waals surface area contributed by atoms with Gasteiger partial charge in [0.1, 0.15) is 0 Å². The molecule has 2 rings (SSSR count). The summed E-state index contributed by atoms with van der Waals surface area (Å²) < 4.78 is 2.57. The quantitative estimate of drug-likeness (QED) is 0.664. The van der Waals surface area contributed by atoms with Crippen LogP contribution < -0.4 is 5.32 Å².